The highest BCUT2D eigenvalue weighted by Crippen LogP contribution is 2.16. The van der Waals surface area contributed by atoms with E-state index in [1.165, 1.54) is 0 Å². The van der Waals surface area contributed by atoms with Crippen molar-refractivity contribution in [1.29, 1.82) is 0 Å². The van der Waals surface area contributed by atoms with Crippen molar-refractivity contribution in [2.45, 2.75) is 51.6 Å². The van der Waals surface area contributed by atoms with E-state index in [0.717, 1.165) is 25.9 Å². The van der Waals surface area contributed by atoms with Gasteiger partial charge in [-0.3, -0.25) is 0 Å². The third-order valence-electron chi connectivity index (χ3n) is 2.22. The van der Waals surface area contributed by atoms with Crippen molar-refractivity contribution < 1.29 is 0 Å². The summed E-state index contributed by atoms with van der Waals surface area (Å²) < 4.78 is 0. The van der Waals surface area contributed by atoms with Gasteiger partial charge in [-0.05, 0) is 53.6 Å². The monoisotopic (exact) mass is 187 g/mol. The Morgan fingerprint density at radius 3 is 1.38 bits per heavy atom. The summed E-state index contributed by atoms with van der Waals surface area (Å²) in [7, 11) is 0. The number of hydrogen-bond donors (Lipinski definition) is 3. The Morgan fingerprint density at radius 1 is 0.846 bits per heavy atom. The first-order valence-electron chi connectivity index (χ1n) is 5.02. The van der Waals surface area contributed by atoms with Crippen LogP contribution in [-0.2, 0) is 0 Å². The van der Waals surface area contributed by atoms with Gasteiger partial charge in [0.25, 0.3) is 0 Å². The van der Waals surface area contributed by atoms with Gasteiger partial charge in [-0.25, -0.2) is 0 Å². The van der Waals surface area contributed by atoms with E-state index in [0.29, 0.717) is 0 Å². The number of hydrogen-bond acceptors (Lipinski definition) is 3. The lowest BCUT2D eigenvalue weighted by Crippen LogP contribution is -2.53. The summed E-state index contributed by atoms with van der Waals surface area (Å²) in [6.45, 7) is 10.2. The van der Waals surface area contributed by atoms with E-state index in [9.17, 15) is 0 Å². The molecule has 0 fully saturated rings. The molecular weight excluding hydrogens is 162 g/mol. The van der Waals surface area contributed by atoms with Gasteiger partial charge >= 0.3 is 0 Å². The molecule has 13 heavy (non-hydrogen) atoms. The maximum Gasteiger partial charge on any atom is 0.0142 e. The Bertz CT molecular complexity index is 125. The molecule has 0 aromatic carbocycles. The Kier molecular flexibility index (Phi) is 4.89. The van der Waals surface area contributed by atoms with Crippen LogP contribution in [0.3, 0.4) is 0 Å². The fourth-order valence-corrected chi connectivity index (χ4v) is 1.76. The van der Waals surface area contributed by atoms with Gasteiger partial charge in [0.05, 0.1) is 0 Å². The first-order chi connectivity index (χ1) is 5.83. The summed E-state index contributed by atoms with van der Waals surface area (Å²) >= 11 is 0. The Labute approximate surface area is 82.3 Å². The van der Waals surface area contributed by atoms with Crippen LogP contribution in [0, 0.1) is 0 Å². The lowest BCUT2D eigenvalue weighted by Gasteiger charge is -2.37. The molecule has 0 aromatic heterocycles. The molecule has 0 saturated carbocycles. The highest BCUT2D eigenvalue weighted by atomic mass is 15.0. The molecule has 0 heterocycles. The van der Waals surface area contributed by atoms with Crippen molar-refractivity contribution in [3.63, 3.8) is 0 Å². The van der Waals surface area contributed by atoms with Crippen LogP contribution in [0.1, 0.15) is 40.5 Å². The molecule has 0 spiro atoms. The second-order valence-corrected chi connectivity index (χ2v) is 4.97. The highest BCUT2D eigenvalue weighted by Gasteiger charge is 2.25. The standard InChI is InChI=1S/C10H25N3/c1-9(2,5-7-11)13-10(3,4)6-8-12/h13H,5-8,11-12H2,1-4H3. The zero-order valence-electron chi connectivity index (χ0n) is 9.48. The average molecular weight is 187 g/mol. The predicted molar refractivity (Wildman–Crippen MR) is 58.6 cm³/mol. The lowest BCUT2D eigenvalue weighted by atomic mass is 9.92. The fourth-order valence-electron chi connectivity index (χ4n) is 1.76. The summed E-state index contributed by atoms with van der Waals surface area (Å²) in [5, 5.41) is 3.57. The van der Waals surface area contributed by atoms with Gasteiger partial charge < -0.3 is 16.8 Å². The molecule has 3 nitrogen and oxygen atoms in total. The first kappa shape index (κ1) is 12.9. The second-order valence-electron chi connectivity index (χ2n) is 4.97. The molecule has 0 aliphatic rings. The van der Waals surface area contributed by atoms with Crippen molar-refractivity contribution in [3.05, 3.63) is 0 Å². The van der Waals surface area contributed by atoms with E-state index >= 15 is 0 Å². The smallest absolute Gasteiger partial charge is 0.0142 e. The molecule has 0 rings (SSSR count). The lowest BCUT2D eigenvalue weighted by molar-refractivity contribution is 0.245. The van der Waals surface area contributed by atoms with E-state index in [1.807, 2.05) is 0 Å². The number of rotatable bonds is 6. The van der Waals surface area contributed by atoms with Crippen LogP contribution in [0.25, 0.3) is 0 Å². The van der Waals surface area contributed by atoms with Gasteiger partial charge in [0, 0.05) is 11.1 Å². The Hall–Kier alpha value is -0.120. The van der Waals surface area contributed by atoms with E-state index in [4.69, 9.17) is 11.5 Å². The topological polar surface area (TPSA) is 64.1 Å². The molecule has 0 aromatic rings. The van der Waals surface area contributed by atoms with Crippen LogP contribution in [0.2, 0.25) is 0 Å². The molecule has 3 heteroatoms. The zero-order valence-corrected chi connectivity index (χ0v) is 9.48. The molecule has 0 aliphatic heterocycles. The van der Waals surface area contributed by atoms with Crippen molar-refractivity contribution in [3.8, 4) is 0 Å². The fraction of sp³-hybridized carbons (Fsp3) is 1.00. The van der Waals surface area contributed by atoms with Crippen LogP contribution in [-0.4, -0.2) is 24.2 Å². The summed E-state index contributed by atoms with van der Waals surface area (Å²) in [5.74, 6) is 0. The molecule has 0 bridgehead atoms. The molecule has 0 aliphatic carbocycles. The minimum atomic E-state index is 0.105. The van der Waals surface area contributed by atoms with Crippen LogP contribution in [0.5, 0.6) is 0 Å². The van der Waals surface area contributed by atoms with Gasteiger partial charge in [-0.15, -0.1) is 0 Å². The normalized spacial score (nSPS) is 13.4. The van der Waals surface area contributed by atoms with Gasteiger partial charge in [0.2, 0.25) is 0 Å². The molecule has 80 valence electrons. The molecule has 0 unspecified atom stereocenters. The zero-order chi connectivity index (χ0) is 10.5. The van der Waals surface area contributed by atoms with Crippen LogP contribution in [0.15, 0.2) is 0 Å². The predicted octanol–water partition coefficient (Wildman–Crippen LogP) is 0.831. The highest BCUT2D eigenvalue weighted by molar-refractivity contribution is 4.88. The van der Waals surface area contributed by atoms with Crippen LogP contribution < -0.4 is 16.8 Å². The second kappa shape index (κ2) is 4.94. The first-order valence-corrected chi connectivity index (χ1v) is 5.02. The number of nitrogens with two attached hydrogens (primary N) is 2. The summed E-state index contributed by atoms with van der Waals surface area (Å²) in [5.41, 5.74) is 11.3. The van der Waals surface area contributed by atoms with Crippen molar-refractivity contribution in [1.82, 2.24) is 5.32 Å². The minimum Gasteiger partial charge on any atom is -0.330 e. The van der Waals surface area contributed by atoms with E-state index in [-0.39, 0.29) is 11.1 Å². The minimum absolute atomic E-state index is 0.105. The SMILES string of the molecule is CC(C)(CCN)NC(C)(C)CCN. The number of nitrogens with one attached hydrogen (secondary N) is 1. The van der Waals surface area contributed by atoms with Crippen molar-refractivity contribution in [2.24, 2.45) is 11.5 Å². The molecule has 0 amide bonds. The Morgan fingerprint density at radius 2 is 1.15 bits per heavy atom. The van der Waals surface area contributed by atoms with Gasteiger partial charge in [-0.1, -0.05) is 0 Å². The molecule has 0 saturated heterocycles. The van der Waals surface area contributed by atoms with Gasteiger partial charge in [0.15, 0.2) is 0 Å². The van der Waals surface area contributed by atoms with Gasteiger partial charge in [-0.2, -0.15) is 0 Å². The average Bonchev–Trinajstić information content (AvgIpc) is 1.82. The quantitative estimate of drug-likeness (QED) is 0.577. The molecular formula is C10H25N3. The summed E-state index contributed by atoms with van der Waals surface area (Å²) in [4.78, 5) is 0. The van der Waals surface area contributed by atoms with E-state index < -0.39 is 0 Å². The molecule has 0 atom stereocenters. The summed E-state index contributed by atoms with van der Waals surface area (Å²) in [6, 6.07) is 0. The summed E-state index contributed by atoms with van der Waals surface area (Å²) in [6.07, 6.45) is 1.97. The molecule has 5 N–H and O–H groups in total. The third-order valence-corrected chi connectivity index (χ3v) is 2.22. The van der Waals surface area contributed by atoms with Gasteiger partial charge in [0.1, 0.15) is 0 Å². The third kappa shape index (κ3) is 6.02. The molecule has 0 radical (unpaired) electrons. The van der Waals surface area contributed by atoms with Crippen LogP contribution in [0.4, 0.5) is 0 Å². The Balaban J connectivity index is 4.07. The van der Waals surface area contributed by atoms with Crippen LogP contribution >= 0.6 is 0 Å². The maximum absolute atomic E-state index is 5.54. The van der Waals surface area contributed by atoms with Crippen molar-refractivity contribution in [2.75, 3.05) is 13.1 Å². The largest absolute Gasteiger partial charge is 0.330 e. The van der Waals surface area contributed by atoms with E-state index in [1.54, 1.807) is 0 Å². The van der Waals surface area contributed by atoms with E-state index in [2.05, 4.69) is 33.0 Å². The van der Waals surface area contributed by atoms with Crippen molar-refractivity contribution >= 4 is 0 Å². The maximum atomic E-state index is 5.54.